The molecule has 35 heavy (non-hydrogen) atoms. The molecule has 2 aromatic carbocycles. The lowest BCUT2D eigenvalue weighted by Crippen LogP contribution is -2.24. The van der Waals surface area contributed by atoms with Crippen LogP contribution in [-0.2, 0) is 17.8 Å². The number of aromatic nitrogens is 2. The van der Waals surface area contributed by atoms with E-state index < -0.39 is 12.1 Å². The van der Waals surface area contributed by atoms with E-state index in [4.69, 9.17) is 14.6 Å². The number of nitriles is 1. The molecule has 2 heterocycles. The molecule has 184 valence electrons. The summed E-state index contributed by atoms with van der Waals surface area (Å²) in [5.41, 5.74) is 6.63. The van der Waals surface area contributed by atoms with Gasteiger partial charge in [-0.3, -0.25) is 0 Å². The first-order chi connectivity index (χ1) is 16.5. The average molecular weight is 505 g/mol. The lowest BCUT2D eigenvalue weighted by atomic mass is 9.93. The standard InChI is InChI=1S/C22H22N4OS.C2HF3O2/c1-13(2)27-20-7-5-15(10-17(20)11-23)21-25-26-22(28-21)19-6-4-16-12-24-9-8-18(16)14(19)3;3-2(4,5)1(6)7/h4-7,10,13,24H,8-9,12H2,1-3H3;(H,6,7). The second-order valence-corrected chi connectivity index (χ2v) is 8.98. The zero-order valence-electron chi connectivity index (χ0n) is 19.2. The molecule has 11 heteroatoms. The highest BCUT2D eigenvalue weighted by Gasteiger charge is 2.38. The largest absolute Gasteiger partial charge is 0.490 e. The van der Waals surface area contributed by atoms with E-state index in [0.717, 1.165) is 40.7 Å². The summed E-state index contributed by atoms with van der Waals surface area (Å²) in [6.45, 7) is 8.01. The molecule has 0 aliphatic carbocycles. The van der Waals surface area contributed by atoms with Crippen LogP contribution in [0.25, 0.3) is 21.1 Å². The van der Waals surface area contributed by atoms with Gasteiger partial charge in [0.1, 0.15) is 21.8 Å². The van der Waals surface area contributed by atoms with Crippen molar-refractivity contribution in [3.8, 4) is 33.0 Å². The summed E-state index contributed by atoms with van der Waals surface area (Å²) in [4.78, 5) is 8.90. The van der Waals surface area contributed by atoms with Gasteiger partial charge in [0.05, 0.1) is 11.7 Å². The first-order valence-corrected chi connectivity index (χ1v) is 11.5. The molecule has 0 saturated carbocycles. The summed E-state index contributed by atoms with van der Waals surface area (Å²) < 4.78 is 37.4. The van der Waals surface area contributed by atoms with Crippen LogP contribution in [0.1, 0.15) is 36.1 Å². The van der Waals surface area contributed by atoms with E-state index in [0.29, 0.717) is 11.3 Å². The van der Waals surface area contributed by atoms with Crippen molar-refractivity contribution in [2.75, 3.05) is 6.54 Å². The highest BCUT2D eigenvalue weighted by atomic mass is 32.1. The molecule has 0 saturated heterocycles. The van der Waals surface area contributed by atoms with Crippen LogP contribution in [0.15, 0.2) is 30.3 Å². The Balaban J connectivity index is 0.000000429. The summed E-state index contributed by atoms with van der Waals surface area (Å²) >= 11 is 1.55. The molecule has 0 spiro atoms. The predicted octanol–water partition coefficient (Wildman–Crippen LogP) is 5.12. The molecule has 0 bridgehead atoms. The van der Waals surface area contributed by atoms with Gasteiger partial charge in [-0.1, -0.05) is 23.5 Å². The molecule has 4 rings (SSSR count). The number of benzene rings is 2. The maximum atomic E-state index is 10.6. The number of ether oxygens (including phenoxy) is 1. The number of hydrogen-bond acceptors (Lipinski definition) is 7. The van der Waals surface area contributed by atoms with Crippen molar-refractivity contribution in [2.45, 2.75) is 46.0 Å². The fraction of sp³-hybridized carbons (Fsp3) is 0.333. The van der Waals surface area contributed by atoms with Crippen LogP contribution in [0.2, 0.25) is 0 Å². The van der Waals surface area contributed by atoms with Crippen molar-refractivity contribution in [1.82, 2.24) is 15.5 Å². The second kappa shape index (κ2) is 10.8. The van der Waals surface area contributed by atoms with Crippen LogP contribution in [0, 0.1) is 18.3 Å². The van der Waals surface area contributed by atoms with E-state index in [2.05, 4.69) is 40.6 Å². The quantitative estimate of drug-likeness (QED) is 0.508. The Morgan fingerprint density at radius 1 is 1.23 bits per heavy atom. The van der Waals surface area contributed by atoms with Crippen molar-refractivity contribution in [3.05, 3.63) is 52.6 Å². The zero-order valence-corrected chi connectivity index (χ0v) is 20.0. The Bertz CT molecular complexity index is 1270. The van der Waals surface area contributed by atoms with E-state index in [1.807, 2.05) is 32.0 Å². The fourth-order valence-corrected chi connectivity index (χ4v) is 4.47. The number of nitrogens with zero attached hydrogens (tertiary/aromatic N) is 3. The number of hydrogen-bond donors (Lipinski definition) is 2. The molecule has 3 aromatic rings. The summed E-state index contributed by atoms with van der Waals surface area (Å²) in [5, 5.41) is 30.6. The monoisotopic (exact) mass is 504 g/mol. The Kier molecular flexibility index (Phi) is 8.09. The van der Waals surface area contributed by atoms with Crippen molar-refractivity contribution in [2.24, 2.45) is 0 Å². The number of carboxylic acid groups (broad SMARTS) is 1. The molecule has 0 radical (unpaired) electrons. The van der Waals surface area contributed by atoms with Crippen LogP contribution in [0.4, 0.5) is 13.2 Å². The van der Waals surface area contributed by atoms with E-state index in [1.54, 1.807) is 11.3 Å². The van der Waals surface area contributed by atoms with Gasteiger partial charge in [-0.15, -0.1) is 10.2 Å². The molecule has 2 N–H and O–H groups in total. The summed E-state index contributed by atoms with van der Waals surface area (Å²) in [6.07, 6.45) is -4.02. The van der Waals surface area contributed by atoms with Gasteiger partial charge in [0, 0.05) is 17.7 Å². The zero-order chi connectivity index (χ0) is 25.8. The second-order valence-electron chi connectivity index (χ2n) is 8.01. The van der Waals surface area contributed by atoms with E-state index in [9.17, 15) is 18.4 Å². The molecule has 0 fully saturated rings. The van der Waals surface area contributed by atoms with Crippen LogP contribution in [0.3, 0.4) is 0 Å². The lowest BCUT2D eigenvalue weighted by molar-refractivity contribution is -0.192. The summed E-state index contributed by atoms with van der Waals surface area (Å²) in [5.74, 6) is -2.15. The first kappa shape index (κ1) is 26.1. The molecule has 1 aromatic heterocycles. The van der Waals surface area contributed by atoms with Crippen LogP contribution >= 0.6 is 11.3 Å². The minimum Gasteiger partial charge on any atom is -0.490 e. The van der Waals surface area contributed by atoms with Crippen molar-refractivity contribution in [1.29, 1.82) is 5.26 Å². The molecular weight excluding hydrogens is 481 g/mol. The predicted molar refractivity (Wildman–Crippen MR) is 125 cm³/mol. The number of aliphatic carboxylic acids is 1. The normalized spacial score (nSPS) is 12.9. The Labute approximate surface area is 204 Å². The maximum Gasteiger partial charge on any atom is 0.490 e. The van der Waals surface area contributed by atoms with Gasteiger partial charge < -0.3 is 15.2 Å². The third kappa shape index (κ3) is 6.35. The average Bonchev–Trinajstić information content (AvgIpc) is 3.29. The number of fused-ring (bicyclic) bond motifs is 1. The fourth-order valence-electron chi connectivity index (χ4n) is 3.55. The third-order valence-electron chi connectivity index (χ3n) is 5.17. The SMILES string of the molecule is Cc1c(-c2nnc(-c3ccc(OC(C)C)c(C#N)c3)s2)ccc2c1CCNC2.O=C(O)C(F)(F)F. The number of alkyl halides is 3. The van der Waals surface area contributed by atoms with Crippen molar-refractivity contribution >= 4 is 17.3 Å². The first-order valence-electron chi connectivity index (χ1n) is 10.7. The number of nitrogens with one attached hydrogen (secondary N) is 1. The maximum absolute atomic E-state index is 10.6. The van der Waals surface area contributed by atoms with Gasteiger partial charge in [0.2, 0.25) is 0 Å². The minimum absolute atomic E-state index is 0.0215. The summed E-state index contributed by atoms with van der Waals surface area (Å²) in [7, 11) is 0. The topological polar surface area (TPSA) is 108 Å². The smallest absolute Gasteiger partial charge is 0.490 e. The molecule has 1 aliphatic rings. The lowest BCUT2D eigenvalue weighted by Gasteiger charge is -2.20. The Hall–Kier alpha value is -3.49. The molecule has 0 atom stereocenters. The number of carboxylic acids is 1. The van der Waals surface area contributed by atoms with E-state index in [1.165, 1.54) is 16.7 Å². The Morgan fingerprint density at radius 2 is 1.91 bits per heavy atom. The van der Waals surface area contributed by atoms with E-state index >= 15 is 0 Å². The highest BCUT2D eigenvalue weighted by Crippen LogP contribution is 2.35. The van der Waals surface area contributed by atoms with Gasteiger partial charge in [-0.05, 0) is 68.6 Å². The van der Waals surface area contributed by atoms with Crippen LogP contribution < -0.4 is 10.1 Å². The van der Waals surface area contributed by atoms with Gasteiger partial charge in [-0.2, -0.15) is 18.4 Å². The van der Waals surface area contributed by atoms with Crippen LogP contribution in [-0.4, -0.2) is 40.1 Å². The molecule has 7 nitrogen and oxygen atoms in total. The van der Waals surface area contributed by atoms with E-state index in [-0.39, 0.29) is 6.10 Å². The van der Waals surface area contributed by atoms with Crippen molar-refractivity contribution < 1.29 is 27.8 Å². The van der Waals surface area contributed by atoms with Gasteiger partial charge in [0.25, 0.3) is 0 Å². The highest BCUT2D eigenvalue weighted by molar-refractivity contribution is 7.17. The Morgan fingerprint density at radius 3 is 2.54 bits per heavy atom. The van der Waals surface area contributed by atoms with Crippen LogP contribution in [0.5, 0.6) is 5.75 Å². The molecule has 0 amide bonds. The van der Waals surface area contributed by atoms with Gasteiger partial charge in [-0.25, -0.2) is 4.79 Å². The number of carbonyl (C=O) groups is 1. The summed E-state index contributed by atoms with van der Waals surface area (Å²) in [6, 6.07) is 12.2. The van der Waals surface area contributed by atoms with Gasteiger partial charge >= 0.3 is 12.1 Å². The molecule has 1 aliphatic heterocycles. The number of halogens is 3. The minimum atomic E-state index is -5.08. The number of rotatable bonds is 4. The third-order valence-corrected chi connectivity index (χ3v) is 6.18. The van der Waals surface area contributed by atoms with Gasteiger partial charge in [0.15, 0.2) is 0 Å². The molecule has 0 unspecified atom stereocenters. The van der Waals surface area contributed by atoms with Crippen molar-refractivity contribution in [3.63, 3.8) is 0 Å². The molecular formula is C24H23F3N4O3S.